The van der Waals surface area contributed by atoms with Crippen molar-refractivity contribution in [3.8, 4) is 0 Å². The molecule has 0 amide bonds. The van der Waals surface area contributed by atoms with Crippen LogP contribution < -0.4 is 0 Å². The van der Waals surface area contributed by atoms with Crippen LogP contribution in [0.25, 0.3) is 0 Å². The summed E-state index contributed by atoms with van der Waals surface area (Å²) in [4.78, 5) is 0. The Kier molecular flexibility index (Phi) is 3.32. The molecule has 0 radical (unpaired) electrons. The van der Waals surface area contributed by atoms with Gasteiger partial charge in [0.05, 0.1) is 11.3 Å². The summed E-state index contributed by atoms with van der Waals surface area (Å²) in [7, 11) is 1.93. The van der Waals surface area contributed by atoms with Crippen molar-refractivity contribution < 1.29 is 5.11 Å². The van der Waals surface area contributed by atoms with E-state index in [9.17, 15) is 5.11 Å². The highest BCUT2D eigenvalue weighted by molar-refractivity contribution is 5.12. The number of aromatic nitrogens is 2. The Labute approximate surface area is 85.8 Å². The first kappa shape index (κ1) is 11.2. The van der Waals surface area contributed by atoms with Gasteiger partial charge in [0.2, 0.25) is 0 Å². The molecule has 0 bridgehead atoms. The normalized spacial score (nSPS) is 15.5. The molecular formula is C11H20N2O. The quantitative estimate of drug-likeness (QED) is 0.795. The summed E-state index contributed by atoms with van der Waals surface area (Å²) < 4.78 is 1.86. The molecule has 1 rings (SSSR count). The number of rotatable bonds is 4. The molecule has 80 valence electrons. The van der Waals surface area contributed by atoms with Gasteiger partial charge in [-0.05, 0) is 25.8 Å². The number of nitrogens with zero attached hydrogens (tertiary/aromatic N) is 2. The van der Waals surface area contributed by atoms with Gasteiger partial charge in [0, 0.05) is 19.2 Å². The van der Waals surface area contributed by atoms with E-state index in [0.29, 0.717) is 6.42 Å². The van der Waals surface area contributed by atoms with Gasteiger partial charge in [-0.2, -0.15) is 5.10 Å². The highest BCUT2D eigenvalue weighted by Crippen LogP contribution is 2.16. The molecule has 3 nitrogen and oxygen atoms in total. The highest BCUT2D eigenvalue weighted by atomic mass is 16.3. The SMILES string of the molecule is CCc1cc(CC(C)(O)CC)n(C)n1. The summed E-state index contributed by atoms with van der Waals surface area (Å²) in [6, 6.07) is 2.07. The Morgan fingerprint density at radius 2 is 2.14 bits per heavy atom. The van der Waals surface area contributed by atoms with E-state index in [1.54, 1.807) is 0 Å². The fourth-order valence-corrected chi connectivity index (χ4v) is 1.42. The Bertz CT molecular complexity index is 302. The molecule has 0 saturated carbocycles. The molecule has 14 heavy (non-hydrogen) atoms. The molecule has 0 spiro atoms. The lowest BCUT2D eigenvalue weighted by Crippen LogP contribution is -2.27. The van der Waals surface area contributed by atoms with Crippen LogP contribution in [-0.2, 0) is 19.9 Å². The summed E-state index contributed by atoms with van der Waals surface area (Å²) in [5.74, 6) is 0. The fourth-order valence-electron chi connectivity index (χ4n) is 1.42. The number of hydrogen-bond acceptors (Lipinski definition) is 2. The van der Waals surface area contributed by atoms with Crippen LogP contribution in [0.4, 0.5) is 0 Å². The Morgan fingerprint density at radius 3 is 2.57 bits per heavy atom. The van der Waals surface area contributed by atoms with Crippen LogP contribution in [0, 0.1) is 0 Å². The van der Waals surface area contributed by atoms with Crippen LogP contribution in [0.2, 0.25) is 0 Å². The summed E-state index contributed by atoms with van der Waals surface area (Å²) in [5.41, 5.74) is 1.59. The van der Waals surface area contributed by atoms with Crippen LogP contribution in [-0.4, -0.2) is 20.5 Å². The topological polar surface area (TPSA) is 38.0 Å². The third-order valence-electron chi connectivity index (χ3n) is 2.71. The van der Waals surface area contributed by atoms with Crippen LogP contribution in [0.3, 0.4) is 0 Å². The van der Waals surface area contributed by atoms with E-state index in [1.165, 1.54) is 0 Å². The Morgan fingerprint density at radius 1 is 1.50 bits per heavy atom. The molecule has 1 N–H and O–H groups in total. The average Bonchev–Trinajstić information content (AvgIpc) is 2.47. The zero-order valence-electron chi connectivity index (χ0n) is 9.54. The van der Waals surface area contributed by atoms with E-state index >= 15 is 0 Å². The summed E-state index contributed by atoms with van der Waals surface area (Å²) in [5, 5.41) is 14.3. The minimum atomic E-state index is -0.612. The molecule has 1 unspecified atom stereocenters. The lowest BCUT2D eigenvalue weighted by atomic mass is 9.97. The van der Waals surface area contributed by atoms with Crippen LogP contribution in [0.1, 0.15) is 38.6 Å². The van der Waals surface area contributed by atoms with Crippen molar-refractivity contribution in [2.45, 2.75) is 45.6 Å². The monoisotopic (exact) mass is 196 g/mol. The number of aryl methyl sites for hydroxylation is 2. The molecule has 1 aromatic rings. The first-order valence-electron chi connectivity index (χ1n) is 5.22. The van der Waals surface area contributed by atoms with Crippen molar-refractivity contribution in [1.29, 1.82) is 0 Å². The van der Waals surface area contributed by atoms with E-state index in [4.69, 9.17) is 0 Å². The van der Waals surface area contributed by atoms with Crippen molar-refractivity contribution in [2.24, 2.45) is 7.05 Å². The third kappa shape index (κ3) is 2.58. The van der Waals surface area contributed by atoms with Gasteiger partial charge in [0.15, 0.2) is 0 Å². The van der Waals surface area contributed by atoms with Gasteiger partial charge in [0.1, 0.15) is 0 Å². The maximum Gasteiger partial charge on any atom is 0.0672 e. The van der Waals surface area contributed by atoms with Gasteiger partial charge in [0.25, 0.3) is 0 Å². The lowest BCUT2D eigenvalue weighted by Gasteiger charge is -2.20. The average molecular weight is 196 g/mol. The Hall–Kier alpha value is -0.830. The zero-order valence-corrected chi connectivity index (χ0v) is 9.54. The maximum atomic E-state index is 9.94. The first-order chi connectivity index (χ1) is 6.48. The van der Waals surface area contributed by atoms with E-state index < -0.39 is 5.60 Å². The molecular weight excluding hydrogens is 176 g/mol. The van der Waals surface area contributed by atoms with Gasteiger partial charge in [-0.25, -0.2) is 0 Å². The zero-order chi connectivity index (χ0) is 10.8. The van der Waals surface area contributed by atoms with Crippen molar-refractivity contribution >= 4 is 0 Å². The molecule has 0 fully saturated rings. The van der Waals surface area contributed by atoms with Gasteiger partial charge in [-0.1, -0.05) is 13.8 Å². The first-order valence-corrected chi connectivity index (χ1v) is 5.22. The van der Waals surface area contributed by atoms with Gasteiger partial charge >= 0.3 is 0 Å². The minimum absolute atomic E-state index is 0.612. The largest absolute Gasteiger partial charge is 0.390 e. The van der Waals surface area contributed by atoms with Crippen LogP contribution in [0.15, 0.2) is 6.07 Å². The highest BCUT2D eigenvalue weighted by Gasteiger charge is 2.20. The van der Waals surface area contributed by atoms with Crippen molar-refractivity contribution in [3.05, 3.63) is 17.5 Å². The molecule has 0 aliphatic rings. The van der Waals surface area contributed by atoms with E-state index in [1.807, 2.05) is 25.6 Å². The molecule has 0 aliphatic carbocycles. The van der Waals surface area contributed by atoms with Gasteiger partial charge in [-0.15, -0.1) is 0 Å². The summed E-state index contributed by atoms with van der Waals surface area (Å²) in [6.45, 7) is 5.95. The molecule has 0 aliphatic heterocycles. The van der Waals surface area contributed by atoms with E-state index in [-0.39, 0.29) is 0 Å². The minimum Gasteiger partial charge on any atom is -0.390 e. The molecule has 0 aromatic carbocycles. The number of aliphatic hydroxyl groups is 1. The molecule has 1 aromatic heterocycles. The maximum absolute atomic E-state index is 9.94. The van der Waals surface area contributed by atoms with Gasteiger partial charge < -0.3 is 5.11 Å². The predicted molar refractivity (Wildman–Crippen MR) is 57.2 cm³/mol. The second-order valence-electron chi connectivity index (χ2n) is 4.13. The molecule has 0 saturated heterocycles. The number of hydrogen-bond donors (Lipinski definition) is 1. The Balaban J connectivity index is 2.81. The van der Waals surface area contributed by atoms with Crippen molar-refractivity contribution in [2.75, 3.05) is 0 Å². The third-order valence-corrected chi connectivity index (χ3v) is 2.71. The van der Waals surface area contributed by atoms with Crippen LogP contribution >= 0.6 is 0 Å². The second kappa shape index (κ2) is 4.13. The fraction of sp³-hybridized carbons (Fsp3) is 0.727. The summed E-state index contributed by atoms with van der Waals surface area (Å²) >= 11 is 0. The standard InChI is InChI=1S/C11H20N2O/c1-5-9-7-10(13(4)12-9)8-11(3,14)6-2/h7,14H,5-6,8H2,1-4H3. The van der Waals surface area contributed by atoms with Gasteiger partial charge in [-0.3, -0.25) is 4.68 Å². The second-order valence-corrected chi connectivity index (χ2v) is 4.13. The molecule has 1 heterocycles. The lowest BCUT2D eigenvalue weighted by molar-refractivity contribution is 0.0545. The molecule has 3 heteroatoms. The molecule has 1 atom stereocenters. The smallest absolute Gasteiger partial charge is 0.0672 e. The van der Waals surface area contributed by atoms with E-state index in [0.717, 1.165) is 24.2 Å². The predicted octanol–water partition coefficient (Wildman–Crippen LogP) is 1.69. The van der Waals surface area contributed by atoms with E-state index in [2.05, 4.69) is 18.1 Å². The van der Waals surface area contributed by atoms with Crippen LogP contribution in [0.5, 0.6) is 0 Å². The van der Waals surface area contributed by atoms with Crippen molar-refractivity contribution in [1.82, 2.24) is 9.78 Å². The summed E-state index contributed by atoms with van der Waals surface area (Å²) in [6.07, 6.45) is 2.38. The van der Waals surface area contributed by atoms with Crippen molar-refractivity contribution in [3.63, 3.8) is 0 Å².